The largest absolute Gasteiger partial charge is 0.280 e. The first kappa shape index (κ1) is 19.8. The number of hydrogen-bond donors (Lipinski definition) is 1. The molecule has 0 amide bonds. The number of hydrogen-bond acceptors (Lipinski definition) is 4. The van der Waals surface area contributed by atoms with Crippen LogP contribution < -0.4 is 10.3 Å². The molecule has 0 atom stereocenters. The summed E-state index contributed by atoms with van der Waals surface area (Å²) in [5.41, 5.74) is 1.98. The Bertz CT molecular complexity index is 1430. The number of nitrogens with zero attached hydrogens (tertiary/aromatic N) is 2. The van der Waals surface area contributed by atoms with E-state index >= 15 is 0 Å². The van der Waals surface area contributed by atoms with Crippen molar-refractivity contribution >= 4 is 26.6 Å². The summed E-state index contributed by atoms with van der Waals surface area (Å²) >= 11 is 0. The lowest BCUT2D eigenvalue weighted by molar-refractivity contribution is 0.570. The Morgan fingerprint density at radius 2 is 1.67 bits per heavy atom. The summed E-state index contributed by atoms with van der Waals surface area (Å²) in [7, 11) is -4.15. The van der Waals surface area contributed by atoms with Gasteiger partial charge in [0.2, 0.25) is 0 Å². The van der Waals surface area contributed by atoms with E-state index in [9.17, 15) is 17.6 Å². The van der Waals surface area contributed by atoms with Gasteiger partial charge in [-0.25, -0.2) is 17.8 Å². The standard InChI is InChI=1S/C22H18FN3O3S/c1-14-7-10-17(11-8-14)26-15(2)24-20-12-9-16(13-18(20)22(26)27)25-30(28,29)21-6-4-3-5-19(21)23/h3-13,25H,1-2H3. The highest BCUT2D eigenvalue weighted by Gasteiger charge is 2.19. The fourth-order valence-corrected chi connectivity index (χ4v) is 4.36. The molecule has 0 fully saturated rings. The molecule has 0 saturated carbocycles. The zero-order valence-corrected chi connectivity index (χ0v) is 17.1. The van der Waals surface area contributed by atoms with E-state index in [2.05, 4.69) is 9.71 Å². The predicted molar refractivity (Wildman–Crippen MR) is 114 cm³/mol. The summed E-state index contributed by atoms with van der Waals surface area (Å²) in [6.45, 7) is 3.68. The van der Waals surface area contributed by atoms with E-state index in [0.717, 1.165) is 11.6 Å². The molecule has 4 aromatic rings. The van der Waals surface area contributed by atoms with Gasteiger partial charge in [0.25, 0.3) is 15.6 Å². The third-order valence-corrected chi connectivity index (χ3v) is 6.12. The zero-order valence-electron chi connectivity index (χ0n) is 16.3. The Hall–Kier alpha value is -3.52. The molecule has 0 aliphatic heterocycles. The first-order valence-corrected chi connectivity index (χ1v) is 10.6. The van der Waals surface area contributed by atoms with Crippen LogP contribution in [0.4, 0.5) is 10.1 Å². The number of fused-ring (bicyclic) bond motifs is 1. The van der Waals surface area contributed by atoms with Crippen LogP contribution in [-0.2, 0) is 10.0 Å². The Morgan fingerprint density at radius 1 is 0.967 bits per heavy atom. The summed E-state index contributed by atoms with van der Waals surface area (Å²) in [6, 6.07) is 17.0. The van der Waals surface area contributed by atoms with Crippen molar-refractivity contribution in [3.8, 4) is 5.69 Å². The van der Waals surface area contributed by atoms with Crippen molar-refractivity contribution in [3.05, 3.63) is 94.3 Å². The van der Waals surface area contributed by atoms with E-state index in [1.54, 1.807) is 13.0 Å². The molecule has 8 heteroatoms. The van der Waals surface area contributed by atoms with Crippen molar-refractivity contribution in [3.63, 3.8) is 0 Å². The van der Waals surface area contributed by atoms with E-state index in [-0.39, 0.29) is 16.6 Å². The number of sulfonamides is 1. The van der Waals surface area contributed by atoms with Gasteiger partial charge in [-0.2, -0.15) is 0 Å². The SMILES string of the molecule is Cc1ccc(-n2c(C)nc3ccc(NS(=O)(=O)c4ccccc4F)cc3c2=O)cc1. The van der Waals surface area contributed by atoms with Crippen molar-refractivity contribution in [2.75, 3.05) is 4.72 Å². The number of aromatic nitrogens is 2. The average Bonchev–Trinajstić information content (AvgIpc) is 2.70. The Balaban J connectivity index is 1.82. The highest BCUT2D eigenvalue weighted by Crippen LogP contribution is 2.22. The van der Waals surface area contributed by atoms with Gasteiger partial charge in [-0.15, -0.1) is 0 Å². The Morgan fingerprint density at radius 3 is 2.37 bits per heavy atom. The Labute approximate surface area is 172 Å². The smallest absolute Gasteiger partial charge is 0.266 e. The summed E-state index contributed by atoms with van der Waals surface area (Å²) in [5, 5.41) is 0.245. The molecule has 6 nitrogen and oxygen atoms in total. The molecule has 0 spiro atoms. The van der Waals surface area contributed by atoms with E-state index < -0.39 is 20.7 Å². The van der Waals surface area contributed by atoms with Crippen molar-refractivity contribution in [1.29, 1.82) is 0 Å². The molecule has 1 N–H and O–H groups in total. The van der Waals surface area contributed by atoms with Crippen LogP contribution in [0.3, 0.4) is 0 Å². The molecule has 152 valence electrons. The van der Waals surface area contributed by atoms with Crippen LogP contribution in [0.5, 0.6) is 0 Å². The molecule has 3 aromatic carbocycles. The number of benzene rings is 3. The monoisotopic (exact) mass is 423 g/mol. The van der Waals surface area contributed by atoms with Gasteiger partial charge in [-0.05, 0) is 56.3 Å². The maximum absolute atomic E-state index is 13.9. The number of nitrogens with one attached hydrogen (secondary N) is 1. The van der Waals surface area contributed by atoms with Crippen LogP contribution in [0.1, 0.15) is 11.4 Å². The molecule has 0 aliphatic rings. The van der Waals surface area contributed by atoms with E-state index in [1.165, 1.54) is 34.9 Å². The van der Waals surface area contributed by atoms with E-state index in [0.29, 0.717) is 17.0 Å². The molecule has 30 heavy (non-hydrogen) atoms. The lowest BCUT2D eigenvalue weighted by atomic mass is 10.2. The van der Waals surface area contributed by atoms with Gasteiger partial charge < -0.3 is 0 Å². The second kappa shape index (κ2) is 7.38. The van der Waals surface area contributed by atoms with Gasteiger partial charge in [0, 0.05) is 5.69 Å². The molecular formula is C22H18FN3O3S. The number of rotatable bonds is 4. The quantitative estimate of drug-likeness (QED) is 0.539. The summed E-state index contributed by atoms with van der Waals surface area (Å²) in [4.78, 5) is 17.2. The third-order valence-electron chi connectivity index (χ3n) is 4.71. The van der Waals surface area contributed by atoms with Crippen LogP contribution in [0.25, 0.3) is 16.6 Å². The minimum absolute atomic E-state index is 0.143. The molecule has 0 unspecified atom stereocenters. The van der Waals surface area contributed by atoms with Crippen molar-refractivity contribution in [2.45, 2.75) is 18.7 Å². The van der Waals surface area contributed by atoms with Crippen molar-refractivity contribution in [1.82, 2.24) is 9.55 Å². The van der Waals surface area contributed by atoms with Crippen LogP contribution in [0.15, 0.2) is 76.4 Å². The summed E-state index contributed by atoms with van der Waals surface area (Å²) in [6.07, 6.45) is 0. The van der Waals surface area contributed by atoms with Crippen LogP contribution in [-0.4, -0.2) is 18.0 Å². The molecule has 1 heterocycles. The molecule has 4 rings (SSSR count). The van der Waals surface area contributed by atoms with Gasteiger partial charge in [0.05, 0.1) is 16.6 Å². The van der Waals surface area contributed by atoms with Crippen LogP contribution in [0.2, 0.25) is 0 Å². The lowest BCUT2D eigenvalue weighted by Crippen LogP contribution is -2.22. The molecular weight excluding hydrogens is 405 g/mol. The van der Waals surface area contributed by atoms with Gasteiger partial charge in [0.1, 0.15) is 16.5 Å². The molecule has 0 aliphatic carbocycles. The second-order valence-electron chi connectivity index (χ2n) is 6.90. The van der Waals surface area contributed by atoms with Crippen molar-refractivity contribution < 1.29 is 12.8 Å². The minimum atomic E-state index is -4.15. The van der Waals surface area contributed by atoms with E-state index in [1.807, 2.05) is 31.2 Å². The molecule has 1 aromatic heterocycles. The van der Waals surface area contributed by atoms with Gasteiger partial charge in [0.15, 0.2) is 0 Å². The first-order valence-electron chi connectivity index (χ1n) is 9.14. The summed E-state index contributed by atoms with van der Waals surface area (Å²) < 4.78 is 42.9. The molecule has 0 radical (unpaired) electrons. The van der Waals surface area contributed by atoms with Crippen molar-refractivity contribution in [2.24, 2.45) is 0 Å². The lowest BCUT2D eigenvalue weighted by Gasteiger charge is -2.13. The predicted octanol–water partition coefficient (Wildman–Crippen LogP) is 3.94. The minimum Gasteiger partial charge on any atom is -0.280 e. The van der Waals surface area contributed by atoms with E-state index in [4.69, 9.17) is 0 Å². The van der Waals surface area contributed by atoms with Crippen LogP contribution >= 0.6 is 0 Å². The number of halogens is 1. The normalized spacial score (nSPS) is 11.6. The molecule has 0 saturated heterocycles. The third kappa shape index (κ3) is 3.57. The van der Waals surface area contributed by atoms with Gasteiger partial charge >= 0.3 is 0 Å². The number of aryl methyl sites for hydroxylation is 2. The first-order chi connectivity index (χ1) is 14.3. The highest BCUT2D eigenvalue weighted by atomic mass is 32.2. The number of anilines is 1. The fourth-order valence-electron chi connectivity index (χ4n) is 3.23. The second-order valence-corrected chi connectivity index (χ2v) is 8.55. The average molecular weight is 423 g/mol. The topological polar surface area (TPSA) is 81.1 Å². The van der Waals surface area contributed by atoms with Crippen LogP contribution in [0, 0.1) is 19.7 Å². The maximum Gasteiger partial charge on any atom is 0.266 e. The van der Waals surface area contributed by atoms with Gasteiger partial charge in [-0.3, -0.25) is 14.1 Å². The highest BCUT2D eigenvalue weighted by molar-refractivity contribution is 7.92. The molecule has 0 bridgehead atoms. The maximum atomic E-state index is 13.9. The zero-order chi connectivity index (χ0) is 21.5. The Kier molecular flexibility index (Phi) is 4.87. The summed E-state index contributed by atoms with van der Waals surface area (Å²) in [5.74, 6) is -0.346. The fraction of sp³-hybridized carbons (Fsp3) is 0.0909. The van der Waals surface area contributed by atoms with Gasteiger partial charge in [-0.1, -0.05) is 29.8 Å².